The predicted octanol–water partition coefficient (Wildman–Crippen LogP) is 7.55. The predicted molar refractivity (Wildman–Crippen MR) is 112 cm³/mol. The van der Waals surface area contributed by atoms with E-state index in [1.165, 1.54) is 37.9 Å². The Morgan fingerprint density at radius 2 is 1.16 bits per heavy atom. The molecule has 4 aromatic rings. The monoisotopic (exact) mass is 360 g/mol. The van der Waals surface area contributed by atoms with Gasteiger partial charge in [-0.05, 0) is 63.5 Å². The van der Waals surface area contributed by atoms with Gasteiger partial charge in [-0.25, -0.2) is 0 Å². The highest BCUT2D eigenvalue weighted by atomic mass is 35.5. The second kappa shape index (κ2) is 6.95. The van der Waals surface area contributed by atoms with Gasteiger partial charge in [0.15, 0.2) is 0 Å². The Bertz CT molecular complexity index is 1010. The summed E-state index contributed by atoms with van der Waals surface area (Å²) in [6.45, 7) is 0. The van der Waals surface area contributed by atoms with Gasteiger partial charge in [0.05, 0.1) is 0 Å². The van der Waals surface area contributed by atoms with E-state index in [-0.39, 0.29) is 0 Å². The Kier molecular flexibility index (Phi) is 4.52. The maximum atomic E-state index is 6.07. The highest BCUT2D eigenvalue weighted by Crippen LogP contribution is 2.37. The molecule has 0 bridgehead atoms. The molecule has 0 fully saturated rings. The van der Waals surface area contributed by atoms with E-state index in [1.807, 2.05) is 12.1 Å². The number of fused-ring (bicyclic) bond motifs is 1. The van der Waals surface area contributed by atoms with E-state index in [0.717, 1.165) is 5.02 Å². The van der Waals surface area contributed by atoms with Crippen LogP contribution in [0.4, 0.5) is 0 Å². The second-order valence-electron chi connectivity index (χ2n) is 5.94. The van der Waals surface area contributed by atoms with Crippen LogP contribution < -0.4 is 0 Å². The summed E-state index contributed by atoms with van der Waals surface area (Å²) in [5, 5.41) is 3.29. The summed E-state index contributed by atoms with van der Waals surface area (Å²) in [5.74, 6) is 0. The van der Waals surface area contributed by atoms with Crippen LogP contribution in [0.3, 0.4) is 0 Å². The van der Waals surface area contributed by atoms with Crippen LogP contribution in [0.5, 0.6) is 0 Å². The lowest BCUT2D eigenvalue weighted by atomic mass is 9.91. The molecule has 0 unspecified atom stereocenters. The smallest absolute Gasteiger partial charge is 0.0406 e. The van der Waals surface area contributed by atoms with Crippen LogP contribution in [0.15, 0.2) is 89.8 Å². The minimum atomic E-state index is 0.761. The van der Waals surface area contributed by atoms with Crippen LogP contribution in [0.25, 0.3) is 33.0 Å². The average Bonchev–Trinajstić information content (AvgIpc) is 2.68. The van der Waals surface area contributed by atoms with Crippen LogP contribution in [0, 0.1) is 0 Å². The molecule has 0 heterocycles. The third-order valence-electron chi connectivity index (χ3n) is 4.46. The van der Waals surface area contributed by atoms with Gasteiger partial charge in [0.25, 0.3) is 0 Å². The molecule has 0 N–H and O–H groups in total. The fourth-order valence-electron chi connectivity index (χ4n) is 3.22. The first-order valence-electron chi connectivity index (χ1n) is 8.18. The molecule has 0 saturated carbocycles. The van der Waals surface area contributed by atoms with Crippen molar-refractivity contribution >= 4 is 34.1 Å². The van der Waals surface area contributed by atoms with E-state index < -0.39 is 0 Å². The van der Waals surface area contributed by atoms with Gasteiger partial charge >= 0.3 is 0 Å². The Hall–Kier alpha value is -2.22. The summed E-state index contributed by atoms with van der Waals surface area (Å²) in [6.07, 6.45) is 2.10. The van der Waals surface area contributed by atoms with Gasteiger partial charge in [-0.15, -0.1) is 11.8 Å². The molecule has 0 nitrogen and oxygen atoms in total. The zero-order chi connectivity index (χ0) is 17.2. The first-order chi connectivity index (χ1) is 12.3. The molecule has 0 atom stereocenters. The van der Waals surface area contributed by atoms with Crippen molar-refractivity contribution in [2.75, 3.05) is 6.26 Å². The number of thioether (sulfide) groups is 1. The summed E-state index contributed by atoms with van der Waals surface area (Å²) >= 11 is 7.84. The number of hydrogen-bond donors (Lipinski definition) is 0. The van der Waals surface area contributed by atoms with Crippen molar-refractivity contribution in [1.82, 2.24) is 0 Å². The van der Waals surface area contributed by atoms with Crippen molar-refractivity contribution in [1.29, 1.82) is 0 Å². The van der Waals surface area contributed by atoms with E-state index in [1.54, 1.807) is 11.8 Å². The van der Waals surface area contributed by atoms with Crippen molar-refractivity contribution in [3.63, 3.8) is 0 Å². The van der Waals surface area contributed by atoms with Crippen molar-refractivity contribution in [2.24, 2.45) is 0 Å². The third-order valence-corrected chi connectivity index (χ3v) is 5.46. The van der Waals surface area contributed by atoms with E-state index >= 15 is 0 Å². The molecule has 4 rings (SSSR count). The lowest BCUT2D eigenvalue weighted by Gasteiger charge is -2.13. The largest absolute Gasteiger partial charge is 0.130 e. The van der Waals surface area contributed by atoms with Crippen molar-refractivity contribution < 1.29 is 0 Å². The Morgan fingerprint density at radius 3 is 1.68 bits per heavy atom. The molecular weight excluding hydrogens is 344 g/mol. The summed E-state index contributed by atoms with van der Waals surface area (Å²) in [6, 6.07) is 29.8. The second-order valence-corrected chi connectivity index (χ2v) is 7.26. The van der Waals surface area contributed by atoms with Gasteiger partial charge in [0, 0.05) is 9.92 Å². The molecule has 0 saturated heterocycles. The lowest BCUT2D eigenvalue weighted by molar-refractivity contribution is 1.47. The third kappa shape index (κ3) is 3.18. The van der Waals surface area contributed by atoms with E-state index in [9.17, 15) is 0 Å². The van der Waals surface area contributed by atoms with Gasteiger partial charge in [-0.1, -0.05) is 72.3 Å². The van der Waals surface area contributed by atoms with Gasteiger partial charge in [0.1, 0.15) is 0 Å². The van der Waals surface area contributed by atoms with Gasteiger partial charge in [-0.3, -0.25) is 0 Å². The molecule has 0 aliphatic heterocycles. The van der Waals surface area contributed by atoms with Gasteiger partial charge in [0.2, 0.25) is 0 Å². The zero-order valence-electron chi connectivity index (χ0n) is 13.9. The van der Waals surface area contributed by atoms with E-state index in [2.05, 4.69) is 79.1 Å². The molecule has 0 aliphatic carbocycles. The molecule has 0 amide bonds. The molecule has 2 heteroatoms. The van der Waals surface area contributed by atoms with Crippen LogP contribution in [0.1, 0.15) is 0 Å². The number of hydrogen-bond acceptors (Lipinski definition) is 1. The zero-order valence-corrected chi connectivity index (χ0v) is 15.4. The topological polar surface area (TPSA) is 0 Å². The highest BCUT2D eigenvalue weighted by molar-refractivity contribution is 7.98. The average molecular weight is 361 g/mol. The number of rotatable bonds is 3. The van der Waals surface area contributed by atoms with Crippen LogP contribution in [-0.4, -0.2) is 6.26 Å². The molecule has 4 aromatic carbocycles. The minimum absolute atomic E-state index is 0.761. The standard InChI is InChI=1S/C23H17ClS/c1-25-20-14-10-17(11-15-20)22-7-3-5-18-4-2-6-21(23(18)22)16-8-12-19(24)13-9-16/h2-15H,1H3. The minimum Gasteiger partial charge on any atom is -0.130 e. The molecule has 122 valence electrons. The van der Waals surface area contributed by atoms with Crippen LogP contribution in [-0.2, 0) is 0 Å². The molecule has 0 aliphatic rings. The Labute approximate surface area is 157 Å². The maximum absolute atomic E-state index is 6.07. The fourth-order valence-corrected chi connectivity index (χ4v) is 3.76. The first-order valence-corrected chi connectivity index (χ1v) is 9.78. The van der Waals surface area contributed by atoms with E-state index in [0.29, 0.717) is 0 Å². The first kappa shape index (κ1) is 16.3. The molecule has 0 aromatic heterocycles. The normalized spacial score (nSPS) is 11.0. The Balaban J connectivity index is 1.97. The highest BCUT2D eigenvalue weighted by Gasteiger charge is 2.10. The van der Waals surface area contributed by atoms with E-state index in [4.69, 9.17) is 11.6 Å². The number of benzene rings is 4. The molecule has 0 spiro atoms. The summed E-state index contributed by atoms with van der Waals surface area (Å²) in [4.78, 5) is 1.28. The SMILES string of the molecule is CSc1ccc(-c2cccc3cccc(-c4ccc(Cl)cc4)c23)cc1. The lowest BCUT2D eigenvalue weighted by Crippen LogP contribution is -1.86. The van der Waals surface area contributed by atoms with Gasteiger partial charge < -0.3 is 0 Å². The van der Waals surface area contributed by atoms with Gasteiger partial charge in [-0.2, -0.15) is 0 Å². The summed E-state index contributed by atoms with van der Waals surface area (Å²) < 4.78 is 0. The molecular formula is C23H17ClS. The quantitative estimate of drug-likeness (QED) is 0.340. The Morgan fingerprint density at radius 1 is 0.640 bits per heavy atom. The van der Waals surface area contributed by atoms with Crippen molar-refractivity contribution in [3.8, 4) is 22.3 Å². The molecule has 0 radical (unpaired) electrons. The molecule has 25 heavy (non-hydrogen) atoms. The van der Waals surface area contributed by atoms with Crippen molar-refractivity contribution in [3.05, 3.63) is 90.0 Å². The fraction of sp³-hybridized carbons (Fsp3) is 0.0435. The number of halogens is 1. The summed E-state index contributed by atoms with van der Waals surface area (Å²) in [7, 11) is 0. The van der Waals surface area contributed by atoms with Crippen molar-refractivity contribution in [2.45, 2.75) is 4.90 Å². The summed E-state index contributed by atoms with van der Waals surface area (Å²) in [5.41, 5.74) is 4.92. The van der Waals surface area contributed by atoms with Crippen LogP contribution >= 0.6 is 23.4 Å². The van der Waals surface area contributed by atoms with Crippen LogP contribution in [0.2, 0.25) is 5.02 Å². The maximum Gasteiger partial charge on any atom is 0.0406 e.